The van der Waals surface area contributed by atoms with Crippen LogP contribution in [-0.2, 0) is 22.4 Å². The van der Waals surface area contributed by atoms with Crippen molar-refractivity contribution in [1.82, 2.24) is 25.4 Å². The number of ether oxygens (including phenoxy) is 2. The quantitative estimate of drug-likeness (QED) is 0.327. The van der Waals surface area contributed by atoms with Crippen LogP contribution in [0.5, 0.6) is 0 Å². The van der Waals surface area contributed by atoms with E-state index in [0.29, 0.717) is 6.54 Å². The second-order valence-corrected chi connectivity index (χ2v) is 6.91. The number of hydrogen-bond acceptors (Lipinski definition) is 5. The van der Waals surface area contributed by atoms with Crippen LogP contribution in [0.25, 0.3) is 0 Å². The van der Waals surface area contributed by atoms with E-state index in [9.17, 15) is 0 Å². The van der Waals surface area contributed by atoms with E-state index in [1.54, 1.807) is 6.33 Å². The molecule has 0 radical (unpaired) electrons. The summed E-state index contributed by atoms with van der Waals surface area (Å²) in [6, 6.07) is 0. The molecular weight excluding hydrogens is 459 g/mol. The fraction of sp³-hybridized carbons (Fsp3) is 0.833. The van der Waals surface area contributed by atoms with Crippen molar-refractivity contribution in [3.63, 3.8) is 0 Å². The van der Waals surface area contributed by atoms with Gasteiger partial charge in [-0.15, -0.1) is 34.2 Å². The van der Waals surface area contributed by atoms with Gasteiger partial charge in [-0.2, -0.15) is 0 Å². The number of hydrogen-bond donors (Lipinski definition) is 2. The highest BCUT2D eigenvalue weighted by Gasteiger charge is 2.16. The Balaban J connectivity index is 0.00000261. The molecule has 3 rings (SSSR count). The van der Waals surface area contributed by atoms with Crippen molar-refractivity contribution in [2.24, 2.45) is 4.99 Å². The average molecular weight is 492 g/mol. The summed E-state index contributed by atoms with van der Waals surface area (Å²) in [5.74, 6) is 1.84. The maximum atomic E-state index is 5.81. The van der Waals surface area contributed by atoms with Gasteiger partial charge in [-0.1, -0.05) is 6.92 Å². The smallest absolute Gasteiger partial charge is 0.191 e. The molecule has 1 aromatic rings. The molecular formula is C18H33IN6O2. The van der Waals surface area contributed by atoms with Crippen LogP contribution in [0, 0.1) is 0 Å². The first-order chi connectivity index (χ1) is 12.8. The van der Waals surface area contributed by atoms with E-state index < -0.39 is 0 Å². The fourth-order valence-corrected chi connectivity index (χ4v) is 3.37. The molecule has 2 saturated heterocycles. The molecule has 3 heterocycles. The molecule has 0 aliphatic carbocycles. The second-order valence-electron chi connectivity index (χ2n) is 6.91. The van der Waals surface area contributed by atoms with Crippen LogP contribution in [0.15, 0.2) is 11.3 Å². The molecule has 8 nitrogen and oxygen atoms in total. The highest BCUT2D eigenvalue weighted by molar-refractivity contribution is 14.0. The Bertz CT molecular complexity index is 556. The second kappa shape index (κ2) is 12.5. The minimum Gasteiger partial charge on any atom is -0.376 e. The Labute approximate surface area is 178 Å². The minimum atomic E-state index is 0. The predicted molar refractivity (Wildman–Crippen MR) is 116 cm³/mol. The molecule has 0 aromatic carbocycles. The lowest BCUT2D eigenvalue weighted by Crippen LogP contribution is -2.44. The van der Waals surface area contributed by atoms with E-state index in [4.69, 9.17) is 14.5 Å². The Morgan fingerprint density at radius 1 is 1.19 bits per heavy atom. The van der Waals surface area contributed by atoms with Gasteiger partial charge in [-0.3, -0.25) is 4.99 Å². The number of aliphatic imine (C=N–C) groups is 1. The number of rotatable bonds is 8. The number of halogens is 1. The topological polar surface area (TPSA) is 85.6 Å². The van der Waals surface area contributed by atoms with Crippen LogP contribution in [0.4, 0.5) is 0 Å². The highest BCUT2D eigenvalue weighted by Crippen LogP contribution is 2.12. The van der Waals surface area contributed by atoms with Crippen LogP contribution < -0.4 is 10.6 Å². The fourth-order valence-electron chi connectivity index (χ4n) is 3.37. The van der Waals surface area contributed by atoms with Crippen LogP contribution >= 0.6 is 24.0 Å². The van der Waals surface area contributed by atoms with E-state index in [2.05, 4.69) is 32.3 Å². The summed E-state index contributed by atoms with van der Waals surface area (Å²) in [5, 5.41) is 15.0. The van der Waals surface area contributed by atoms with Gasteiger partial charge in [-0.05, 0) is 32.1 Å². The summed E-state index contributed by atoms with van der Waals surface area (Å²) in [5.41, 5.74) is 0. The number of guanidine groups is 1. The number of aromatic nitrogens is 3. The zero-order valence-corrected chi connectivity index (χ0v) is 18.6. The number of nitrogens with one attached hydrogen (secondary N) is 2. The molecule has 2 atom stereocenters. The molecule has 2 aliphatic rings. The van der Waals surface area contributed by atoms with Gasteiger partial charge in [0, 0.05) is 39.3 Å². The zero-order chi connectivity index (χ0) is 18.0. The van der Waals surface area contributed by atoms with Crippen LogP contribution in [0.3, 0.4) is 0 Å². The molecule has 9 heteroatoms. The Morgan fingerprint density at radius 2 is 2.00 bits per heavy atom. The molecule has 2 unspecified atom stereocenters. The van der Waals surface area contributed by atoms with Gasteiger partial charge in [0.05, 0.1) is 18.8 Å². The Morgan fingerprint density at radius 3 is 2.74 bits per heavy atom. The molecule has 0 amide bonds. The van der Waals surface area contributed by atoms with Crippen LogP contribution in [-0.4, -0.2) is 65.8 Å². The van der Waals surface area contributed by atoms with E-state index in [1.807, 2.05) is 0 Å². The van der Waals surface area contributed by atoms with Crippen LogP contribution in [0.2, 0.25) is 0 Å². The van der Waals surface area contributed by atoms with Gasteiger partial charge in [0.25, 0.3) is 0 Å². The first kappa shape index (κ1) is 22.4. The minimum absolute atomic E-state index is 0. The lowest BCUT2D eigenvalue weighted by atomic mass is 10.1. The molecule has 2 N–H and O–H groups in total. The van der Waals surface area contributed by atoms with E-state index >= 15 is 0 Å². The lowest BCUT2D eigenvalue weighted by molar-refractivity contribution is 0.0194. The maximum absolute atomic E-state index is 5.81. The molecule has 2 fully saturated rings. The molecule has 154 valence electrons. The largest absolute Gasteiger partial charge is 0.376 e. The Hall–Kier alpha value is -0.940. The summed E-state index contributed by atoms with van der Waals surface area (Å²) in [6.45, 7) is 6.91. The summed E-state index contributed by atoms with van der Waals surface area (Å²) in [4.78, 5) is 4.72. The zero-order valence-electron chi connectivity index (χ0n) is 16.2. The first-order valence-electron chi connectivity index (χ1n) is 9.97. The average Bonchev–Trinajstić information content (AvgIpc) is 3.36. The summed E-state index contributed by atoms with van der Waals surface area (Å²) < 4.78 is 13.6. The molecule has 27 heavy (non-hydrogen) atoms. The highest BCUT2D eigenvalue weighted by atomic mass is 127. The van der Waals surface area contributed by atoms with Gasteiger partial charge in [0.1, 0.15) is 12.2 Å². The SMILES string of the molecule is CCc1nncn1CCNC(=NCC1CCCO1)NCC1CCCCO1.I. The lowest BCUT2D eigenvalue weighted by Gasteiger charge is -2.24. The van der Waals surface area contributed by atoms with Gasteiger partial charge in [-0.25, -0.2) is 0 Å². The van der Waals surface area contributed by atoms with Crippen molar-refractivity contribution in [2.45, 2.75) is 64.2 Å². The normalized spacial score (nSPS) is 23.1. The predicted octanol–water partition coefficient (Wildman–Crippen LogP) is 1.74. The van der Waals surface area contributed by atoms with E-state index in [-0.39, 0.29) is 36.2 Å². The Kier molecular flexibility index (Phi) is 10.4. The van der Waals surface area contributed by atoms with Crippen LogP contribution in [0.1, 0.15) is 44.9 Å². The third kappa shape index (κ3) is 7.53. The maximum Gasteiger partial charge on any atom is 0.191 e. The molecule has 0 bridgehead atoms. The third-order valence-electron chi connectivity index (χ3n) is 4.91. The summed E-state index contributed by atoms with van der Waals surface area (Å²) in [7, 11) is 0. The number of nitrogens with zero attached hydrogens (tertiary/aromatic N) is 4. The third-order valence-corrected chi connectivity index (χ3v) is 4.91. The van der Waals surface area contributed by atoms with Gasteiger partial charge in [0.2, 0.25) is 0 Å². The van der Waals surface area contributed by atoms with Gasteiger partial charge in [0.15, 0.2) is 5.96 Å². The van der Waals surface area contributed by atoms with Crippen molar-refractivity contribution >= 4 is 29.9 Å². The van der Waals surface area contributed by atoms with E-state index in [0.717, 1.165) is 70.3 Å². The van der Waals surface area contributed by atoms with Crippen molar-refractivity contribution < 1.29 is 9.47 Å². The van der Waals surface area contributed by atoms with E-state index in [1.165, 1.54) is 12.8 Å². The van der Waals surface area contributed by atoms with Crippen molar-refractivity contribution in [1.29, 1.82) is 0 Å². The standard InChI is InChI=1S/C18H32N6O2.HI/c1-2-17-23-22-14-24(17)9-8-19-18(21-13-16-7-5-11-26-16)20-12-15-6-3-4-10-25-15;/h14-16H,2-13H2,1H3,(H2,19,20,21);1H. The van der Waals surface area contributed by atoms with Gasteiger partial charge < -0.3 is 24.7 Å². The van der Waals surface area contributed by atoms with Crippen molar-refractivity contribution in [3.8, 4) is 0 Å². The van der Waals surface area contributed by atoms with Gasteiger partial charge >= 0.3 is 0 Å². The summed E-state index contributed by atoms with van der Waals surface area (Å²) in [6.07, 6.45) is 8.98. The molecule has 1 aromatic heterocycles. The number of aryl methyl sites for hydroxylation is 1. The molecule has 2 aliphatic heterocycles. The van der Waals surface area contributed by atoms with Crippen molar-refractivity contribution in [3.05, 3.63) is 12.2 Å². The molecule has 0 saturated carbocycles. The van der Waals surface area contributed by atoms with Crippen molar-refractivity contribution in [2.75, 3.05) is 32.8 Å². The molecule has 0 spiro atoms. The summed E-state index contributed by atoms with van der Waals surface area (Å²) >= 11 is 0. The monoisotopic (exact) mass is 492 g/mol. The first-order valence-corrected chi connectivity index (χ1v) is 9.97.